The van der Waals surface area contributed by atoms with Crippen LogP contribution in [0.2, 0.25) is 5.02 Å². The van der Waals surface area contributed by atoms with Crippen LogP contribution in [0.5, 0.6) is 0 Å². The first-order valence-electron chi connectivity index (χ1n) is 11.6. The minimum atomic E-state index is -0.156. The van der Waals surface area contributed by atoms with Crippen LogP contribution in [0.15, 0.2) is 54.6 Å². The molecule has 2 aromatic carbocycles. The molecule has 2 heterocycles. The Hall–Kier alpha value is -3.65. The Bertz CT molecular complexity index is 1320. The van der Waals surface area contributed by atoms with E-state index in [0.717, 1.165) is 22.5 Å². The van der Waals surface area contributed by atoms with E-state index >= 15 is 0 Å². The number of rotatable bonds is 9. The number of benzene rings is 2. The molecule has 3 N–H and O–H groups in total. The number of nitrogens with one attached hydrogen (secondary N) is 3. The van der Waals surface area contributed by atoms with Crippen LogP contribution < -0.4 is 16.0 Å². The van der Waals surface area contributed by atoms with E-state index in [4.69, 9.17) is 11.6 Å². The van der Waals surface area contributed by atoms with Crippen LogP contribution >= 0.6 is 11.6 Å². The maximum atomic E-state index is 12.6. The average molecular weight is 492 g/mol. The monoisotopic (exact) mass is 491 g/mol. The maximum absolute atomic E-state index is 12.6. The molecule has 8 nitrogen and oxygen atoms in total. The minimum absolute atomic E-state index is 0.00664. The summed E-state index contributed by atoms with van der Waals surface area (Å²) in [4.78, 5) is 21.7. The molecule has 0 aliphatic heterocycles. The molecule has 182 valence electrons. The van der Waals surface area contributed by atoms with E-state index in [1.807, 2.05) is 70.2 Å². The molecular formula is C26H30ClN7O. The number of hydrogen-bond acceptors (Lipinski definition) is 6. The van der Waals surface area contributed by atoms with Crippen molar-refractivity contribution in [2.24, 2.45) is 0 Å². The van der Waals surface area contributed by atoms with E-state index in [-0.39, 0.29) is 18.0 Å². The van der Waals surface area contributed by atoms with Gasteiger partial charge in [-0.15, -0.1) is 5.10 Å². The highest BCUT2D eigenvalue weighted by atomic mass is 35.5. The smallest absolute Gasteiger partial charge is 0.256 e. The zero-order valence-corrected chi connectivity index (χ0v) is 21.1. The molecule has 0 saturated carbocycles. The van der Waals surface area contributed by atoms with Crippen LogP contribution in [0.25, 0.3) is 5.78 Å². The molecule has 1 atom stereocenters. The van der Waals surface area contributed by atoms with Gasteiger partial charge >= 0.3 is 0 Å². The second kappa shape index (κ2) is 10.7. The number of halogens is 1. The van der Waals surface area contributed by atoms with Gasteiger partial charge in [-0.1, -0.05) is 48.0 Å². The van der Waals surface area contributed by atoms with Crippen LogP contribution in [0, 0.1) is 13.8 Å². The van der Waals surface area contributed by atoms with Gasteiger partial charge in [0.1, 0.15) is 5.82 Å². The SMILES string of the molecule is Cc1cc(N[C@@H](CC(=O)NC(C)C)Cc2ccccc2)n2nc(Nc3cc(Cl)ccc3C)nc2n1. The number of fused-ring (bicyclic) bond motifs is 1. The van der Waals surface area contributed by atoms with E-state index in [1.54, 1.807) is 4.52 Å². The highest BCUT2D eigenvalue weighted by Gasteiger charge is 2.19. The Labute approximate surface area is 210 Å². The van der Waals surface area contributed by atoms with E-state index in [9.17, 15) is 4.79 Å². The van der Waals surface area contributed by atoms with Gasteiger partial charge in [-0.05, 0) is 57.4 Å². The van der Waals surface area contributed by atoms with Crippen molar-refractivity contribution in [3.05, 3.63) is 76.4 Å². The molecule has 35 heavy (non-hydrogen) atoms. The van der Waals surface area contributed by atoms with Gasteiger partial charge in [0.05, 0.1) is 0 Å². The molecule has 0 spiro atoms. The van der Waals surface area contributed by atoms with Gasteiger partial charge in [-0.3, -0.25) is 4.79 Å². The highest BCUT2D eigenvalue weighted by Crippen LogP contribution is 2.24. The number of nitrogens with zero attached hydrogens (tertiary/aromatic N) is 4. The molecule has 1 amide bonds. The Morgan fingerprint density at radius 1 is 1.06 bits per heavy atom. The van der Waals surface area contributed by atoms with E-state index in [2.05, 4.69) is 43.1 Å². The summed E-state index contributed by atoms with van der Waals surface area (Å²) in [5, 5.41) is 15.0. The highest BCUT2D eigenvalue weighted by molar-refractivity contribution is 6.30. The van der Waals surface area contributed by atoms with Crippen molar-refractivity contribution < 1.29 is 4.79 Å². The fraction of sp³-hybridized carbons (Fsp3) is 0.308. The lowest BCUT2D eigenvalue weighted by Gasteiger charge is -2.21. The Kier molecular flexibility index (Phi) is 7.51. The lowest BCUT2D eigenvalue weighted by atomic mass is 10.0. The van der Waals surface area contributed by atoms with Gasteiger partial charge in [-0.2, -0.15) is 9.50 Å². The van der Waals surface area contributed by atoms with Gasteiger partial charge in [0.2, 0.25) is 11.9 Å². The topological polar surface area (TPSA) is 96.2 Å². The quantitative estimate of drug-likeness (QED) is 0.302. The molecular weight excluding hydrogens is 462 g/mol. The van der Waals surface area contributed by atoms with Crippen molar-refractivity contribution in [1.29, 1.82) is 0 Å². The van der Waals surface area contributed by atoms with Crippen LogP contribution in [0.1, 0.15) is 37.1 Å². The number of amides is 1. The van der Waals surface area contributed by atoms with Gasteiger partial charge < -0.3 is 16.0 Å². The van der Waals surface area contributed by atoms with E-state index in [1.165, 1.54) is 0 Å². The first-order chi connectivity index (χ1) is 16.8. The summed E-state index contributed by atoms with van der Waals surface area (Å²) >= 11 is 6.16. The number of carbonyl (C=O) groups is 1. The van der Waals surface area contributed by atoms with Crippen molar-refractivity contribution in [1.82, 2.24) is 24.9 Å². The van der Waals surface area contributed by atoms with Crippen LogP contribution in [-0.4, -0.2) is 37.6 Å². The number of anilines is 3. The molecule has 0 aliphatic carbocycles. The van der Waals surface area contributed by atoms with Gasteiger partial charge in [0, 0.05) is 41.0 Å². The molecule has 4 aromatic rings. The summed E-state index contributed by atoms with van der Waals surface area (Å²) in [7, 11) is 0. The van der Waals surface area contributed by atoms with Crippen molar-refractivity contribution in [3.8, 4) is 0 Å². The summed E-state index contributed by atoms with van der Waals surface area (Å²) in [6, 6.07) is 17.6. The minimum Gasteiger partial charge on any atom is -0.366 e. The van der Waals surface area contributed by atoms with Crippen LogP contribution in [0.3, 0.4) is 0 Å². The Morgan fingerprint density at radius 3 is 2.57 bits per heavy atom. The normalized spacial score (nSPS) is 12.1. The molecule has 9 heteroatoms. The van der Waals surface area contributed by atoms with Gasteiger partial charge in [0.25, 0.3) is 5.78 Å². The van der Waals surface area contributed by atoms with Crippen molar-refractivity contribution in [2.45, 2.75) is 52.6 Å². The first-order valence-corrected chi connectivity index (χ1v) is 12.0. The standard InChI is InChI=1S/C26H30ClN7O/c1-16(2)28-24(35)15-21(13-19-8-6-5-7-9-19)30-23-12-18(4)29-26-32-25(33-34(23)26)31-22-14-20(27)11-10-17(22)3/h5-12,14,16,21,30H,13,15H2,1-4H3,(H,28,35)(H,31,33)/t21-/m1/s1. The third-order valence-electron chi connectivity index (χ3n) is 5.44. The largest absolute Gasteiger partial charge is 0.366 e. The predicted octanol–water partition coefficient (Wildman–Crippen LogP) is 5.08. The zero-order chi connectivity index (χ0) is 24.9. The number of aromatic nitrogens is 4. The fourth-order valence-corrected chi connectivity index (χ4v) is 4.05. The predicted molar refractivity (Wildman–Crippen MR) is 140 cm³/mol. The number of aryl methyl sites for hydroxylation is 2. The maximum Gasteiger partial charge on any atom is 0.256 e. The lowest BCUT2D eigenvalue weighted by Crippen LogP contribution is -2.36. The van der Waals surface area contributed by atoms with E-state index in [0.29, 0.717) is 35.4 Å². The van der Waals surface area contributed by atoms with Crippen molar-refractivity contribution in [2.75, 3.05) is 10.6 Å². The molecule has 0 unspecified atom stereocenters. The van der Waals surface area contributed by atoms with Crippen LogP contribution in [-0.2, 0) is 11.2 Å². The third kappa shape index (κ3) is 6.48. The summed E-state index contributed by atoms with van der Waals surface area (Å²) in [6.07, 6.45) is 0.994. The second-order valence-electron chi connectivity index (χ2n) is 8.97. The average Bonchev–Trinajstić information content (AvgIpc) is 3.18. The molecule has 0 fully saturated rings. The zero-order valence-electron chi connectivity index (χ0n) is 20.3. The van der Waals surface area contributed by atoms with Gasteiger partial charge in [0.15, 0.2) is 0 Å². The lowest BCUT2D eigenvalue weighted by molar-refractivity contribution is -0.121. The first kappa shape index (κ1) is 24.5. The van der Waals surface area contributed by atoms with Crippen molar-refractivity contribution in [3.63, 3.8) is 0 Å². The summed E-state index contributed by atoms with van der Waals surface area (Å²) < 4.78 is 1.66. The number of hydrogen-bond donors (Lipinski definition) is 3. The second-order valence-corrected chi connectivity index (χ2v) is 9.41. The van der Waals surface area contributed by atoms with E-state index < -0.39 is 0 Å². The van der Waals surface area contributed by atoms with Gasteiger partial charge in [-0.25, -0.2) is 4.98 Å². The molecule has 0 saturated heterocycles. The molecule has 4 rings (SSSR count). The van der Waals surface area contributed by atoms with Crippen LogP contribution in [0.4, 0.5) is 17.5 Å². The fourth-order valence-electron chi connectivity index (χ4n) is 3.88. The molecule has 0 bridgehead atoms. The Morgan fingerprint density at radius 2 is 1.83 bits per heavy atom. The Balaban J connectivity index is 1.63. The third-order valence-corrected chi connectivity index (χ3v) is 5.68. The van der Waals surface area contributed by atoms with Crippen molar-refractivity contribution >= 4 is 40.7 Å². The molecule has 2 aromatic heterocycles. The molecule has 0 radical (unpaired) electrons. The molecule has 0 aliphatic rings. The summed E-state index contributed by atoms with van der Waals surface area (Å²) in [6.45, 7) is 7.81. The summed E-state index contributed by atoms with van der Waals surface area (Å²) in [5.74, 6) is 1.58. The number of carbonyl (C=O) groups excluding carboxylic acids is 1. The summed E-state index contributed by atoms with van der Waals surface area (Å²) in [5.41, 5.74) is 3.78.